The average Bonchev–Trinajstić information content (AvgIpc) is 2.52. The zero-order chi connectivity index (χ0) is 14.7. The predicted molar refractivity (Wildman–Crippen MR) is 83.8 cm³/mol. The van der Waals surface area contributed by atoms with Crippen LogP contribution < -0.4 is 0 Å². The first kappa shape index (κ1) is 14.4. The first-order chi connectivity index (χ1) is 10.3. The molecule has 110 valence electrons. The van der Waals surface area contributed by atoms with E-state index in [1.54, 1.807) is 6.07 Å². The van der Waals surface area contributed by atoms with Crippen molar-refractivity contribution in [2.45, 2.75) is 6.04 Å². The number of phenolic OH excluding ortho intramolecular Hbond substituents is 1. The van der Waals surface area contributed by atoms with E-state index in [1.165, 1.54) is 0 Å². The Balaban J connectivity index is 2.01. The lowest BCUT2D eigenvalue weighted by atomic mass is 9.96. The lowest BCUT2D eigenvalue weighted by Gasteiger charge is -2.35. The van der Waals surface area contributed by atoms with Crippen molar-refractivity contribution in [3.63, 3.8) is 0 Å². The minimum Gasteiger partial charge on any atom is -0.508 e. The van der Waals surface area contributed by atoms with E-state index < -0.39 is 0 Å². The molecule has 0 spiro atoms. The number of hydrogen-bond acceptors (Lipinski definition) is 3. The van der Waals surface area contributed by atoms with E-state index in [1.807, 2.05) is 42.5 Å². The Kier molecular flexibility index (Phi) is 4.44. The van der Waals surface area contributed by atoms with Gasteiger partial charge in [-0.2, -0.15) is 0 Å². The molecule has 0 bridgehead atoms. The van der Waals surface area contributed by atoms with E-state index in [9.17, 15) is 5.11 Å². The summed E-state index contributed by atoms with van der Waals surface area (Å²) in [6.45, 7) is 3.14. The van der Waals surface area contributed by atoms with Crippen LogP contribution in [0.4, 0.5) is 0 Å². The molecule has 1 aliphatic heterocycles. The van der Waals surface area contributed by atoms with Crippen LogP contribution in [0.1, 0.15) is 17.2 Å². The van der Waals surface area contributed by atoms with Gasteiger partial charge in [0.2, 0.25) is 0 Å². The lowest BCUT2D eigenvalue weighted by Crippen LogP contribution is -2.39. The summed E-state index contributed by atoms with van der Waals surface area (Å²) in [7, 11) is 0. The fourth-order valence-electron chi connectivity index (χ4n) is 2.79. The number of aromatic hydroxyl groups is 1. The summed E-state index contributed by atoms with van der Waals surface area (Å²) in [5.74, 6) is 0.323. The number of phenols is 1. The van der Waals surface area contributed by atoms with Gasteiger partial charge in [-0.25, -0.2) is 0 Å². The first-order valence-corrected chi connectivity index (χ1v) is 7.48. The van der Waals surface area contributed by atoms with Crippen molar-refractivity contribution in [1.29, 1.82) is 0 Å². The predicted octanol–water partition coefficient (Wildman–Crippen LogP) is 3.47. The Morgan fingerprint density at radius 1 is 1.00 bits per heavy atom. The summed E-state index contributed by atoms with van der Waals surface area (Å²) < 4.78 is 5.45. The van der Waals surface area contributed by atoms with Crippen LogP contribution >= 0.6 is 11.6 Å². The maximum atomic E-state index is 10.2. The number of rotatable bonds is 3. The molecule has 0 unspecified atom stereocenters. The Morgan fingerprint density at radius 3 is 2.33 bits per heavy atom. The topological polar surface area (TPSA) is 32.7 Å². The van der Waals surface area contributed by atoms with Crippen molar-refractivity contribution in [1.82, 2.24) is 4.90 Å². The molecule has 3 nitrogen and oxygen atoms in total. The molecule has 21 heavy (non-hydrogen) atoms. The van der Waals surface area contributed by atoms with Crippen molar-refractivity contribution in [2.75, 3.05) is 26.3 Å². The van der Waals surface area contributed by atoms with Gasteiger partial charge in [0.05, 0.1) is 19.3 Å². The molecule has 0 amide bonds. The van der Waals surface area contributed by atoms with Crippen molar-refractivity contribution < 1.29 is 9.84 Å². The normalized spacial score (nSPS) is 17.6. The average molecular weight is 304 g/mol. The van der Waals surface area contributed by atoms with Crippen molar-refractivity contribution in [3.8, 4) is 5.75 Å². The van der Waals surface area contributed by atoms with Gasteiger partial charge < -0.3 is 9.84 Å². The highest BCUT2D eigenvalue weighted by atomic mass is 35.5. The number of para-hydroxylation sites is 1. The van der Waals surface area contributed by atoms with Crippen LogP contribution in [0.15, 0.2) is 48.5 Å². The quantitative estimate of drug-likeness (QED) is 0.942. The Bertz CT molecular complexity index is 594. The molecular weight excluding hydrogens is 286 g/mol. The SMILES string of the molecule is Oc1ccccc1[C@@H](c1ccc(Cl)cc1)N1CCOCC1. The third-order valence-electron chi connectivity index (χ3n) is 3.83. The van der Waals surface area contributed by atoms with E-state index in [0.717, 1.165) is 42.5 Å². The van der Waals surface area contributed by atoms with Gasteiger partial charge in [0.25, 0.3) is 0 Å². The third kappa shape index (κ3) is 3.21. The molecule has 1 N–H and O–H groups in total. The van der Waals surface area contributed by atoms with Crippen LogP contribution in [0.5, 0.6) is 5.75 Å². The molecule has 0 aliphatic carbocycles. The molecule has 1 aliphatic rings. The standard InChI is InChI=1S/C17H18ClNO2/c18-14-7-5-13(6-8-14)17(19-9-11-21-12-10-19)15-3-1-2-4-16(15)20/h1-8,17,20H,9-12H2/t17-/m1/s1. The van der Waals surface area contributed by atoms with Crippen LogP contribution in [0.3, 0.4) is 0 Å². The highest BCUT2D eigenvalue weighted by Crippen LogP contribution is 2.34. The maximum Gasteiger partial charge on any atom is 0.120 e. The molecule has 0 saturated carbocycles. The van der Waals surface area contributed by atoms with Crippen LogP contribution in [0.2, 0.25) is 5.02 Å². The lowest BCUT2D eigenvalue weighted by molar-refractivity contribution is 0.0235. The third-order valence-corrected chi connectivity index (χ3v) is 4.08. The second-order valence-corrected chi connectivity index (χ2v) is 5.60. The van der Waals surface area contributed by atoms with Gasteiger partial charge in [0.15, 0.2) is 0 Å². The summed E-state index contributed by atoms with van der Waals surface area (Å²) >= 11 is 6.00. The first-order valence-electron chi connectivity index (χ1n) is 7.11. The molecule has 3 rings (SSSR count). The fraction of sp³-hybridized carbons (Fsp3) is 0.294. The van der Waals surface area contributed by atoms with Gasteiger partial charge in [-0.3, -0.25) is 4.90 Å². The summed E-state index contributed by atoms with van der Waals surface area (Å²) in [6.07, 6.45) is 0. The van der Waals surface area contributed by atoms with Crippen molar-refractivity contribution in [3.05, 3.63) is 64.7 Å². The van der Waals surface area contributed by atoms with Gasteiger partial charge in [-0.05, 0) is 23.8 Å². The second-order valence-electron chi connectivity index (χ2n) is 5.16. The Labute approximate surface area is 129 Å². The molecule has 1 saturated heterocycles. The molecule has 0 aromatic heterocycles. The van der Waals surface area contributed by atoms with E-state index in [2.05, 4.69) is 4.90 Å². The molecule has 4 heteroatoms. The van der Waals surface area contributed by atoms with Gasteiger partial charge in [0, 0.05) is 23.7 Å². The Hall–Kier alpha value is -1.55. The molecular formula is C17H18ClNO2. The van der Waals surface area contributed by atoms with Gasteiger partial charge in [-0.1, -0.05) is 41.9 Å². The van der Waals surface area contributed by atoms with Crippen molar-refractivity contribution >= 4 is 11.6 Å². The summed E-state index contributed by atoms with van der Waals surface area (Å²) in [5, 5.41) is 11.0. The van der Waals surface area contributed by atoms with Crippen molar-refractivity contribution in [2.24, 2.45) is 0 Å². The molecule has 2 aromatic rings. The van der Waals surface area contributed by atoms with Gasteiger partial charge >= 0.3 is 0 Å². The van der Waals surface area contributed by atoms with Crippen LogP contribution in [0.25, 0.3) is 0 Å². The van der Waals surface area contributed by atoms with E-state index in [-0.39, 0.29) is 6.04 Å². The molecule has 2 aromatic carbocycles. The minimum absolute atomic E-state index is 0.0207. The van der Waals surface area contributed by atoms with Crippen LogP contribution in [-0.4, -0.2) is 36.3 Å². The number of morpholine rings is 1. The maximum absolute atomic E-state index is 10.2. The number of hydrogen-bond donors (Lipinski definition) is 1. The van der Waals surface area contributed by atoms with E-state index >= 15 is 0 Å². The summed E-state index contributed by atoms with van der Waals surface area (Å²) in [5.41, 5.74) is 2.05. The number of halogens is 1. The second kappa shape index (κ2) is 6.48. The molecule has 0 radical (unpaired) electrons. The number of ether oxygens (including phenoxy) is 1. The van der Waals surface area contributed by atoms with Crippen LogP contribution in [-0.2, 0) is 4.74 Å². The molecule has 1 atom stereocenters. The highest BCUT2D eigenvalue weighted by Gasteiger charge is 2.26. The largest absolute Gasteiger partial charge is 0.508 e. The van der Waals surface area contributed by atoms with Crippen LogP contribution in [0, 0.1) is 0 Å². The highest BCUT2D eigenvalue weighted by molar-refractivity contribution is 6.30. The smallest absolute Gasteiger partial charge is 0.120 e. The molecule has 1 heterocycles. The van der Waals surface area contributed by atoms with Gasteiger partial charge in [0.1, 0.15) is 5.75 Å². The van der Waals surface area contributed by atoms with E-state index in [4.69, 9.17) is 16.3 Å². The van der Waals surface area contributed by atoms with E-state index in [0.29, 0.717) is 5.75 Å². The number of benzene rings is 2. The number of nitrogens with zero attached hydrogens (tertiary/aromatic N) is 1. The fourth-order valence-corrected chi connectivity index (χ4v) is 2.91. The summed E-state index contributed by atoms with van der Waals surface area (Å²) in [4.78, 5) is 2.34. The summed E-state index contributed by atoms with van der Waals surface area (Å²) in [6, 6.07) is 15.4. The van der Waals surface area contributed by atoms with Gasteiger partial charge in [-0.15, -0.1) is 0 Å². The zero-order valence-corrected chi connectivity index (χ0v) is 12.5. The minimum atomic E-state index is 0.0207. The molecule has 1 fully saturated rings. The zero-order valence-electron chi connectivity index (χ0n) is 11.7. The Morgan fingerprint density at radius 2 is 1.67 bits per heavy atom. The monoisotopic (exact) mass is 303 g/mol.